The van der Waals surface area contributed by atoms with Gasteiger partial charge in [0.25, 0.3) is 5.91 Å². The van der Waals surface area contributed by atoms with E-state index in [0.29, 0.717) is 5.02 Å². The fraction of sp³-hybridized carbons (Fsp3) is 0.304. The van der Waals surface area contributed by atoms with Crippen LogP contribution in [0.2, 0.25) is 5.02 Å². The Morgan fingerprint density at radius 1 is 1.11 bits per heavy atom. The number of halogens is 3. The highest BCUT2D eigenvalue weighted by Gasteiger charge is 2.24. The van der Waals surface area contributed by atoms with Crippen LogP contribution in [0, 0.1) is 11.6 Å². The van der Waals surface area contributed by atoms with E-state index in [1.807, 2.05) is 0 Å². The van der Waals surface area contributed by atoms with E-state index in [-0.39, 0.29) is 36.9 Å². The van der Waals surface area contributed by atoms with Gasteiger partial charge in [-0.1, -0.05) is 11.6 Å². The molecule has 0 aliphatic carbocycles. The molecule has 0 saturated carbocycles. The van der Waals surface area contributed by atoms with Crippen LogP contribution in [0.5, 0.6) is 11.5 Å². The van der Waals surface area contributed by atoms with Crippen LogP contribution >= 0.6 is 11.6 Å². The van der Waals surface area contributed by atoms with Gasteiger partial charge in [-0.05, 0) is 36.4 Å². The van der Waals surface area contributed by atoms with Gasteiger partial charge < -0.3 is 19.1 Å². The van der Waals surface area contributed by atoms with Gasteiger partial charge in [-0.15, -0.1) is 13.2 Å². The molecule has 0 aliphatic heterocycles. The summed E-state index contributed by atoms with van der Waals surface area (Å²) in [6.45, 7) is 5.40. The molecule has 0 aliphatic rings. The van der Waals surface area contributed by atoms with Crippen LogP contribution in [-0.4, -0.2) is 77.6 Å². The van der Waals surface area contributed by atoms with Crippen LogP contribution in [0.25, 0.3) is 0 Å². The van der Waals surface area contributed by atoms with E-state index in [0.717, 1.165) is 21.3 Å². The zero-order chi connectivity index (χ0) is 28.0. The molecule has 1 atom stereocenters. The summed E-state index contributed by atoms with van der Waals surface area (Å²) >= 11 is 5.78. The first-order valence-corrected chi connectivity index (χ1v) is 12.0. The fourth-order valence-corrected chi connectivity index (χ4v) is 3.91. The maximum absolute atomic E-state index is 14.7. The van der Waals surface area contributed by atoms with Gasteiger partial charge in [0, 0.05) is 32.3 Å². The summed E-state index contributed by atoms with van der Waals surface area (Å²) in [5.74, 6) is -3.77. The Hall–Kier alpha value is -3.10. The second-order valence-electron chi connectivity index (χ2n) is 6.95. The zero-order valence-electron chi connectivity index (χ0n) is 20.2. The Labute approximate surface area is 220 Å². The number of hydrogen-bond donors (Lipinski definition) is 2. The Bertz CT molecular complexity index is 1040. The second kappa shape index (κ2) is 16.6. The molecule has 2 N–H and O–H groups in total. The maximum atomic E-state index is 14.7. The van der Waals surface area contributed by atoms with Crippen molar-refractivity contribution in [1.29, 1.82) is 0 Å². The van der Waals surface area contributed by atoms with Gasteiger partial charge in [-0.25, -0.2) is 27.6 Å². The summed E-state index contributed by atoms with van der Waals surface area (Å²) in [5.41, 5.74) is 1.40. The molecule has 2 rings (SSSR count). The molecule has 10 nitrogen and oxygen atoms in total. The Morgan fingerprint density at radius 3 is 2.24 bits per heavy atom. The molecule has 0 bridgehead atoms. The Balaban J connectivity index is 0.00000334. The van der Waals surface area contributed by atoms with Crippen LogP contribution in [0.15, 0.2) is 54.5 Å². The Kier molecular flexibility index (Phi) is 14.3. The lowest BCUT2D eigenvalue weighted by molar-refractivity contribution is -0.129. The van der Waals surface area contributed by atoms with Crippen molar-refractivity contribution in [2.24, 2.45) is 0 Å². The number of hydrogen-bond acceptors (Lipinski definition) is 7. The number of hydroxylamine groups is 1. The first-order valence-electron chi connectivity index (χ1n) is 10.5. The lowest BCUT2D eigenvalue weighted by Gasteiger charge is -2.24. The predicted octanol–water partition coefficient (Wildman–Crippen LogP) is 3.76. The molecular weight excluding hydrogens is 536 g/mol. The van der Waals surface area contributed by atoms with E-state index in [2.05, 4.69) is 13.2 Å². The van der Waals surface area contributed by atoms with E-state index in [4.69, 9.17) is 31.0 Å². The molecule has 2 aromatic carbocycles. The molecule has 2 aromatic rings. The number of amides is 2. The third-order valence-electron chi connectivity index (χ3n) is 4.40. The van der Waals surface area contributed by atoms with Crippen molar-refractivity contribution < 1.29 is 42.0 Å². The van der Waals surface area contributed by atoms with Gasteiger partial charge in [-0.3, -0.25) is 10.0 Å². The van der Waals surface area contributed by atoms with Crippen molar-refractivity contribution in [3.63, 3.8) is 0 Å². The summed E-state index contributed by atoms with van der Waals surface area (Å²) in [6.07, 6.45) is -0.694. The van der Waals surface area contributed by atoms with Crippen molar-refractivity contribution in [3.05, 3.63) is 66.2 Å². The van der Waals surface area contributed by atoms with Crippen LogP contribution in [0.4, 0.5) is 13.6 Å². The smallest absolute Gasteiger partial charge is 0.409 e. The quantitative estimate of drug-likeness (QED) is 0.175. The second-order valence-corrected chi connectivity index (χ2v) is 8.87. The number of likely N-dealkylation sites (N-methyl/N-ethyl adjacent to an activating group) is 1. The summed E-state index contributed by atoms with van der Waals surface area (Å²) in [5, 5.41) is 9.25. The molecule has 0 saturated heterocycles. The molecule has 14 heteroatoms. The third kappa shape index (κ3) is 10.4. The molecule has 0 spiro atoms. The number of methoxy groups -OCH3 is 1. The van der Waals surface area contributed by atoms with Crippen molar-refractivity contribution in [3.8, 4) is 11.5 Å². The molecule has 1 unspecified atom stereocenters. The van der Waals surface area contributed by atoms with E-state index in [1.165, 1.54) is 43.9 Å². The minimum atomic E-state index is -2.25. The number of carbonyl (C=O) groups excluding carboxylic acids is 2. The van der Waals surface area contributed by atoms with E-state index < -0.39 is 46.9 Å². The monoisotopic (exact) mass is 563 g/mol. The summed E-state index contributed by atoms with van der Waals surface area (Å²) in [6, 6.07) is 7.39. The van der Waals surface area contributed by atoms with Gasteiger partial charge in [0.2, 0.25) is 0 Å². The molecule has 2 amide bonds. The maximum Gasteiger partial charge on any atom is 0.409 e. The molecule has 204 valence electrons. The lowest BCUT2D eigenvalue weighted by atomic mass is 10.3. The van der Waals surface area contributed by atoms with Gasteiger partial charge in [0.1, 0.15) is 23.3 Å². The minimum Gasteiger partial charge on any atom is -0.451 e. The standard InChI is InChI=1S/C21H24ClF2N3O7S.C2H4/c1-26(21(29)33-10-9-32-2)7-8-27(13-19(28)25-30)35(31)16-11-17(23)20(18(24)12-16)34-15-5-3-14(22)4-6-15;1-2/h3-6,11-12,30H,7-10,13H2,1-2H3,(H,25,28);1-2H2. The van der Waals surface area contributed by atoms with Crippen LogP contribution in [0.3, 0.4) is 0 Å². The number of benzene rings is 2. The van der Waals surface area contributed by atoms with Crippen LogP contribution in [0.1, 0.15) is 0 Å². The molecule has 0 fully saturated rings. The van der Waals surface area contributed by atoms with Crippen molar-refractivity contribution in [2.75, 3.05) is 47.0 Å². The number of ether oxygens (including phenoxy) is 3. The van der Waals surface area contributed by atoms with Crippen LogP contribution in [-0.2, 0) is 25.3 Å². The fourth-order valence-electron chi connectivity index (χ4n) is 2.60. The Morgan fingerprint density at radius 2 is 1.70 bits per heavy atom. The highest BCUT2D eigenvalue weighted by molar-refractivity contribution is 7.82. The largest absolute Gasteiger partial charge is 0.451 e. The molecule has 0 aromatic heterocycles. The first kappa shape index (κ1) is 31.9. The number of nitrogens with zero attached hydrogens (tertiary/aromatic N) is 2. The summed E-state index contributed by atoms with van der Waals surface area (Å²) in [7, 11) is 0.602. The molecule has 37 heavy (non-hydrogen) atoms. The van der Waals surface area contributed by atoms with Gasteiger partial charge >= 0.3 is 6.09 Å². The lowest BCUT2D eigenvalue weighted by Crippen LogP contribution is -2.42. The van der Waals surface area contributed by atoms with Crippen molar-refractivity contribution >= 4 is 34.6 Å². The zero-order valence-corrected chi connectivity index (χ0v) is 21.8. The van der Waals surface area contributed by atoms with Crippen molar-refractivity contribution in [2.45, 2.75) is 4.90 Å². The number of carbonyl (C=O) groups is 2. The van der Waals surface area contributed by atoms with Gasteiger partial charge in [0.15, 0.2) is 17.4 Å². The topological polar surface area (TPSA) is 118 Å². The molecular formula is C23H28ClF2N3O7S. The van der Waals surface area contributed by atoms with Crippen molar-refractivity contribution in [1.82, 2.24) is 14.7 Å². The van der Waals surface area contributed by atoms with E-state index >= 15 is 0 Å². The average Bonchev–Trinajstić information content (AvgIpc) is 2.89. The van der Waals surface area contributed by atoms with Gasteiger partial charge in [-0.2, -0.15) is 0 Å². The average molecular weight is 564 g/mol. The normalized spacial score (nSPS) is 11.2. The predicted molar refractivity (Wildman–Crippen MR) is 133 cm³/mol. The highest BCUT2D eigenvalue weighted by Crippen LogP contribution is 2.30. The SMILES string of the molecule is C=C.COCCOC(=O)N(C)CCN(CC(=O)NO)S(=O)c1cc(F)c(Oc2ccc(Cl)cc2)c(F)c1. The number of nitrogens with one attached hydrogen (secondary N) is 1. The summed E-state index contributed by atoms with van der Waals surface area (Å²) in [4.78, 5) is 24.5. The highest BCUT2D eigenvalue weighted by atomic mass is 35.5. The third-order valence-corrected chi connectivity index (χ3v) is 6.07. The minimum absolute atomic E-state index is 0.0191. The molecule has 0 heterocycles. The van der Waals surface area contributed by atoms with Gasteiger partial charge in [0.05, 0.1) is 18.0 Å². The van der Waals surface area contributed by atoms with Crippen LogP contribution < -0.4 is 10.2 Å². The van der Waals surface area contributed by atoms with E-state index in [9.17, 15) is 22.6 Å². The first-order chi connectivity index (χ1) is 17.7. The molecule has 0 radical (unpaired) electrons. The summed E-state index contributed by atoms with van der Waals surface area (Å²) < 4.78 is 58.3. The number of rotatable bonds is 12. The van der Waals surface area contributed by atoms with E-state index in [1.54, 1.807) is 0 Å².